The molecule has 0 saturated carbocycles. The standard InChI is InChI=1S/C14H20N4O3S/c1-2-7-15-8-9-16-13(19)10-17-14-11-5-3-4-6-12(11)22(20,21)18-14/h3-6,15H,2,7-10H2,1H3,(H,16,19)(H,17,18). The Labute approximate surface area is 130 Å². The highest BCUT2D eigenvalue weighted by molar-refractivity contribution is 7.90. The summed E-state index contributed by atoms with van der Waals surface area (Å²) in [7, 11) is -3.55. The third kappa shape index (κ3) is 4.05. The van der Waals surface area contributed by atoms with Crippen LogP contribution in [0.3, 0.4) is 0 Å². The molecule has 0 radical (unpaired) electrons. The normalized spacial score (nSPS) is 17.0. The molecule has 8 heteroatoms. The number of rotatable bonds is 7. The van der Waals surface area contributed by atoms with Gasteiger partial charge in [0.25, 0.3) is 10.0 Å². The number of amides is 1. The van der Waals surface area contributed by atoms with E-state index in [-0.39, 0.29) is 23.2 Å². The van der Waals surface area contributed by atoms with E-state index in [9.17, 15) is 13.2 Å². The van der Waals surface area contributed by atoms with E-state index in [1.54, 1.807) is 18.2 Å². The second-order valence-electron chi connectivity index (χ2n) is 4.87. The summed E-state index contributed by atoms with van der Waals surface area (Å²) < 4.78 is 26.1. The zero-order valence-corrected chi connectivity index (χ0v) is 13.2. The highest BCUT2D eigenvalue weighted by Crippen LogP contribution is 2.21. The van der Waals surface area contributed by atoms with Crippen LogP contribution in [-0.2, 0) is 14.8 Å². The molecule has 1 aliphatic heterocycles. The maximum atomic E-state index is 11.9. The molecule has 0 aromatic heterocycles. The fourth-order valence-corrected chi connectivity index (χ4v) is 3.30. The molecule has 0 bridgehead atoms. The molecule has 0 saturated heterocycles. The van der Waals surface area contributed by atoms with Crippen molar-refractivity contribution >= 4 is 21.8 Å². The summed E-state index contributed by atoms with van der Waals surface area (Å²) in [5.41, 5.74) is 0.500. The number of benzene rings is 1. The van der Waals surface area contributed by atoms with E-state index in [1.165, 1.54) is 6.07 Å². The first-order chi connectivity index (χ1) is 10.5. The van der Waals surface area contributed by atoms with E-state index in [0.29, 0.717) is 18.7 Å². The number of amidine groups is 1. The Balaban J connectivity index is 1.91. The molecule has 0 fully saturated rings. The van der Waals surface area contributed by atoms with Crippen LogP contribution in [0.15, 0.2) is 34.2 Å². The molecule has 1 amide bonds. The molecule has 120 valence electrons. The fourth-order valence-electron chi connectivity index (χ4n) is 2.05. The van der Waals surface area contributed by atoms with Crippen LogP contribution in [0.25, 0.3) is 0 Å². The molecule has 0 spiro atoms. The number of nitrogens with zero attached hydrogens (tertiary/aromatic N) is 1. The van der Waals surface area contributed by atoms with Gasteiger partial charge in [0, 0.05) is 18.7 Å². The van der Waals surface area contributed by atoms with Crippen LogP contribution in [0.2, 0.25) is 0 Å². The lowest BCUT2D eigenvalue weighted by molar-refractivity contribution is -0.119. The van der Waals surface area contributed by atoms with Gasteiger partial charge in [-0.15, -0.1) is 0 Å². The van der Waals surface area contributed by atoms with Crippen LogP contribution in [-0.4, -0.2) is 46.3 Å². The van der Waals surface area contributed by atoms with Crippen LogP contribution < -0.4 is 15.4 Å². The monoisotopic (exact) mass is 324 g/mol. The van der Waals surface area contributed by atoms with Crippen LogP contribution in [0, 0.1) is 0 Å². The zero-order chi connectivity index (χ0) is 16.0. The van der Waals surface area contributed by atoms with E-state index in [1.807, 2.05) is 0 Å². The van der Waals surface area contributed by atoms with Gasteiger partial charge in [0.1, 0.15) is 12.4 Å². The summed E-state index contributed by atoms with van der Waals surface area (Å²) in [5.74, 6) is -0.0239. The molecule has 1 heterocycles. The van der Waals surface area contributed by atoms with Crippen molar-refractivity contribution in [2.45, 2.75) is 18.2 Å². The number of carbonyl (C=O) groups is 1. The van der Waals surface area contributed by atoms with Crippen molar-refractivity contribution in [3.8, 4) is 0 Å². The highest BCUT2D eigenvalue weighted by Gasteiger charge is 2.30. The Morgan fingerprint density at radius 1 is 1.23 bits per heavy atom. The van der Waals surface area contributed by atoms with E-state index < -0.39 is 10.0 Å². The van der Waals surface area contributed by atoms with Crippen molar-refractivity contribution in [1.82, 2.24) is 15.4 Å². The smallest absolute Gasteiger partial charge is 0.263 e. The van der Waals surface area contributed by atoms with E-state index >= 15 is 0 Å². The van der Waals surface area contributed by atoms with Crippen molar-refractivity contribution in [2.75, 3.05) is 26.2 Å². The number of sulfonamides is 1. The van der Waals surface area contributed by atoms with Gasteiger partial charge in [0.15, 0.2) is 0 Å². The largest absolute Gasteiger partial charge is 0.353 e. The lowest BCUT2D eigenvalue weighted by Gasteiger charge is -2.05. The van der Waals surface area contributed by atoms with Gasteiger partial charge in [-0.1, -0.05) is 19.1 Å². The quantitative estimate of drug-likeness (QED) is 0.607. The third-order valence-corrected chi connectivity index (χ3v) is 4.49. The molecule has 3 N–H and O–H groups in total. The third-order valence-electron chi connectivity index (χ3n) is 3.09. The Hall–Kier alpha value is -1.93. The average Bonchev–Trinajstić information content (AvgIpc) is 2.77. The molecular weight excluding hydrogens is 304 g/mol. The van der Waals surface area contributed by atoms with Crippen LogP contribution in [0.4, 0.5) is 0 Å². The first kappa shape index (κ1) is 16.4. The molecule has 0 unspecified atom stereocenters. The molecule has 2 rings (SSSR count). The Morgan fingerprint density at radius 3 is 2.77 bits per heavy atom. The zero-order valence-electron chi connectivity index (χ0n) is 12.4. The molecule has 7 nitrogen and oxygen atoms in total. The van der Waals surface area contributed by atoms with Crippen LogP contribution >= 0.6 is 0 Å². The summed E-state index contributed by atoms with van der Waals surface area (Å²) >= 11 is 0. The van der Waals surface area contributed by atoms with Gasteiger partial charge < -0.3 is 10.6 Å². The van der Waals surface area contributed by atoms with Gasteiger partial charge >= 0.3 is 0 Å². The van der Waals surface area contributed by atoms with E-state index in [2.05, 4.69) is 27.3 Å². The Morgan fingerprint density at radius 2 is 2.00 bits per heavy atom. The molecule has 0 aliphatic carbocycles. The number of hydrogen-bond donors (Lipinski definition) is 3. The second-order valence-corrected chi connectivity index (χ2v) is 6.52. The summed E-state index contributed by atoms with van der Waals surface area (Å²) in [4.78, 5) is 15.9. The van der Waals surface area contributed by atoms with Crippen molar-refractivity contribution in [3.63, 3.8) is 0 Å². The van der Waals surface area contributed by atoms with Crippen molar-refractivity contribution in [2.24, 2.45) is 4.99 Å². The van der Waals surface area contributed by atoms with Gasteiger partial charge in [0.05, 0.1) is 4.90 Å². The number of carbonyl (C=O) groups excluding carboxylic acids is 1. The number of fused-ring (bicyclic) bond motifs is 1. The maximum absolute atomic E-state index is 11.9. The minimum atomic E-state index is -3.55. The maximum Gasteiger partial charge on any atom is 0.263 e. The highest BCUT2D eigenvalue weighted by atomic mass is 32.2. The van der Waals surface area contributed by atoms with Gasteiger partial charge in [0.2, 0.25) is 5.91 Å². The first-order valence-electron chi connectivity index (χ1n) is 7.18. The Kier molecular flexibility index (Phi) is 5.51. The van der Waals surface area contributed by atoms with Gasteiger partial charge in [-0.3, -0.25) is 14.5 Å². The van der Waals surface area contributed by atoms with E-state index in [0.717, 1.165) is 13.0 Å². The molecule has 1 aromatic carbocycles. The minimum Gasteiger partial charge on any atom is -0.353 e. The predicted octanol–water partition coefficient (Wildman–Crippen LogP) is -0.159. The lowest BCUT2D eigenvalue weighted by atomic mass is 10.2. The molecular formula is C14H20N4O3S. The summed E-state index contributed by atoms with van der Waals surface area (Å²) in [6, 6.07) is 6.56. The summed E-state index contributed by atoms with van der Waals surface area (Å²) in [5, 5.41) is 5.89. The first-order valence-corrected chi connectivity index (χ1v) is 8.67. The topological polar surface area (TPSA) is 99.7 Å². The van der Waals surface area contributed by atoms with Crippen molar-refractivity contribution in [3.05, 3.63) is 29.8 Å². The van der Waals surface area contributed by atoms with Crippen LogP contribution in [0.5, 0.6) is 0 Å². The summed E-state index contributed by atoms with van der Waals surface area (Å²) in [6.45, 7) is 4.09. The molecule has 1 aromatic rings. The lowest BCUT2D eigenvalue weighted by Crippen LogP contribution is -2.34. The van der Waals surface area contributed by atoms with Crippen molar-refractivity contribution < 1.29 is 13.2 Å². The SMILES string of the molecule is CCCNCCNC(=O)CN=C1NS(=O)(=O)c2ccccc21. The van der Waals surface area contributed by atoms with Gasteiger partial charge in [-0.2, -0.15) is 0 Å². The average molecular weight is 324 g/mol. The number of aliphatic imine (C=N–C) groups is 1. The number of hydrogen-bond acceptors (Lipinski definition) is 5. The molecule has 22 heavy (non-hydrogen) atoms. The van der Waals surface area contributed by atoms with E-state index in [4.69, 9.17) is 0 Å². The van der Waals surface area contributed by atoms with Crippen LogP contribution in [0.1, 0.15) is 18.9 Å². The van der Waals surface area contributed by atoms with Gasteiger partial charge in [-0.25, -0.2) is 8.42 Å². The van der Waals surface area contributed by atoms with Gasteiger partial charge in [-0.05, 0) is 25.1 Å². The Bertz CT molecular complexity index is 670. The fraction of sp³-hybridized carbons (Fsp3) is 0.429. The summed E-state index contributed by atoms with van der Waals surface area (Å²) in [6.07, 6.45) is 1.04. The molecule has 1 aliphatic rings. The second kappa shape index (κ2) is 7.37. The number of nitrogens with one attached hydrogen (secondary N) is 3. The van der Waals surface area contributed by atoms with Crippen molar-refractivity contribution in [1.29, 1.82) is 0 Å². The minimum absolute atomic E-state index is 0.111. The predicted molar refractivity (Wildman–Crippen MR) is 84.3 cm³/mol. The molecule has 0 atom stereocenters.